The van der Waals surface area contributed by atoms with E-state index in [0.29, 0.717) is 17.9 Å². The van der Waals surface area contributed by atoms with Gasteiger partial charge < -0.3 is 0 Å². The zero-order chi connectivity index (χ0) is 19.8. The molecule has 2 unspecified atom stereocenters. The molecular weight excluding hydrogens is 360 g/mol. The summed E-state index contributed by atoms with van der Waals surface area (Å²) in [7, 11) is 0. The van der Waals surface area contributed by atoms with Gasteiger partial charge in [-0.1, -0.05) is 58.3 Å². The minimum absolute atomic E-state index is 0.112. The molecule has 0 bridgehead atoms. The van der Waals surface area contributed by atoms with Crippen molar-refractivity contribution in [1.82, 2.24) is 14.8 Å². The number of nitrogens with zero attached hydrogens (tertiary/aromatic N) is 4. The molecule has 5 heteroatoms. The van der Waals surface area contributed by atoms with E-state index in [9.17, 15) is 4.79 Å². The summed E-state index contributed by atoms with van der Waals surface area (Å²) in [6.45, 7) is 2.20. The van der Waals surface area contributed by atoms with Gasteiger partial charge >= 0.3 is 0 Å². The largest absolute Gasteiger partial charge is 0.277 e. The van der Waals surface area contributed by atoms with Crippen LogP contribution in [-0.2, 0) is 16.8 Å². The van der Waals surface area contributed by atoms with E-state index in [1.165, 1.54) is 70.6 Å². The van der Waals surface area contributed by atoms with Crippen molar-refractivity contribution >= 4 is 11.9 Å². The summed E-state index contributed by atoms with van der Waals surface area (Å²) in [5, 5.41) is 5.10. The first-order valence-electron chi connectivity index (χ1n) is 12.5. The summed E-state index contributed by atoms with van der Waals surface area (Å²) in [5.41, 5.74) is 0.112. The second-order valence-electron chi connectivity index (χ2n) is 10.2. The van der Waals surface area contributed by atoms with Gasteiger partial charge in [0.15, 0.2) is 5.82 Å². The molecule has 3 fully saturated rings. The van der Waals surface area contributed by atoms with E-state index in [1.807, 2.05) is 0 Å². The Bertz CT molecular complexity index is 729. The van der Waals surface area contributed by atoms with Crippen LogP contribution in [0.2, 0.25) is 0 Å². The Hall–Kier alpha value is -1.39. The molecule has 5 nitrogen and oxygen atoms in total. The smallest absolute Gasteiger partial charge is 0.232 e. The first-order chi connectivity index (χ1) is 14.2. The van der Waals surface area contributed by atoms with E-state index in [1.54, 1.807) is 0 Å². The van der Waals surface area contributed by atoms with Gasteiger partial charge in [0.1, 0.15) is 0 Å². The minimum Gasteiger partial charge on any atom is -0.277 e. The van der Waals surface area contributed by atoms with Gasteiger partial charge in [-0.05, 0) is 44.9 Å². The fourth-order valence-corrected chi connectivity index (χ4v) is 7.04. The fourth-order valence-electron chi connectivity index (χ4n) is 7.04. The van der Waals surface area contributed by atoms with E-state index in [-0.39, 0.29) is 11.5 Å². The van der Waals surface area contributed by atoms with Crippen LogP contribution in [0.25, 0.3) is 0 Å². The highest BCUT2D eigenvalue weighted by atomic mass is 16.2. The lowest BCUT2D eigenvalue weighted by Crippen LogP contribution is -2.62. The quantitative estimate of drug-likeness (QED) is 0.687. The standard InChI is InChI=1S/C24H38N4O/c1-2-11-21-25-23-27(22(29)18-12-5-3-6-13-18)20-15-8-7-14-19(20)24(28(23)26-21)16-9-4-10-17-24/h18-20H,2-17H2,1H3. The molecule has 3 saturated carbocycles. The highest BCUT2D eigenvalue weighted by molar-refractivity contribution is 5.94. The number of hydrogen-bond acceptors (Lipinski definition) is 3. The van der Waals surface area contributed by atoms with Crippen LogP contribution in [0.3, 0.4) is 0 Å². The van der Waals surface area contributed by atoms with E-state index in [4.69, 9.17) is 10.1 Å². The highest BCUT2D eigenvalue weighted by Gasteiger charge is 2.55. The zero-order valence-corrected chi connectivity index (χ0v) is 18.2. The van der Waals surface area contributed by atoms with Gasteiger partial charge in [0.05, 0.1) is 5.54 Å². The number of aryl methyl sites for hydroxylation is 1. The molecule has 0 N–H and O–H groups in total. The van der Waals surface area contributed by atoms with E-state index >= 15 is 0 Å². The SMILES string of the molecule is CCCc1nc2n(n1)C1(CCCCC1)C1CCCCC1N2C(=O)C1CCCCC1. The number of amides is 1. The van der Waals surface area contributed by atoms with Crippen molar-refractivity contribution in [3.05, 3.63) is 5.82 Å². The maximum Gasteiger partial charge on any atom is 0.232 e. The molecule has 1 spiro atoms. The van der Waals surface area contributed by atoms with Crippen molar-refractivity contribution in [3.63, 3.8) is 0 Å². The molecule has 2 heterocycles. The lowest BCUT2D eigenvalue weighted by Gasteiger charge is -2.55. The topological polar surface area (TPSA) is 51.0 Å². The second kappa shape index (κ2) is 8.03. The summed E-state index contributed by atoms with van der Waals surface area (Å²) in [6, 6.07) is 0.349. The summed E-state index contributed by atoms with van der Waals surface area (Å²) >= 11 is 0. The molecule has 1 amide bonds. The van der Waals surface area contributed by atoms with Gasteiger partial charge in [-0.25, -0.2) is 4.68 Å². The Morgan fingerprint density at radius 1 is 0.966 bits per heavy atom. The third-order valence-electron chi connectivity index (χ3n) is 8.41. The normalized spacial score (nSPS) is 29.5. The average molecular weight is 399 g/mol. The number of aromatic nitrogens is 3. The van der Waals surface area contributed by atoms with Gasteiger partial charge in [-0.3, -0.25) is 9.69 Å². The molecule has 160 valence electrons. The number of rotatable bonds is 3. The van der Waals surface area contributed by atoms with Gasteiger partial charge in [0, 0.05) is 24.3 Å². The van der Waals surface area contributed by atoms with Crippen LogP contribution in [0.4, 0.5) is 5.95 Å². The maximum atomic E-state index is 13.9. The van der Waals surface area contributed by atoms with Crippen LogP contribution in [-0.4, -0.2) is 26.7 Å². The molecule has 5 rings (SSSR count). The third-order valence-corrected chi connectivity index (χ3v) is 8.41. The molecule has 29 heavy (non-hydrogen) atoms. The van der Waals surface area contributed by atoms with Crippen LogP contribution in [0, 0.1) is 11.8 Å². The lowest BCUT2D eigenvalue weighted by molar-refractivity contribution is -0.125. The van der Waals surface area contributed by atoms with Gasteiger partial charge in [-0.15, -0.1) is 0 Å². The number of fused-ring (bicyclic) bond motifs is 4. The monoisotopic (exact) mass is 398 g/mol. The lowest BCUT2D eigenvalue weighted by atomic mass is 9.64. The van der Waals surface area contributed by atoms with Crippen molar-refractivity contribution < 1.29 is 4.79 Å². The number of hydrogen-bond donors (Lipinski definition) is 0. The van der Waals surface area contributed by atoms with Crippen LogP contribution >= 0.6 is 0 Å². The predicted molar refractivity (Wildman–Crippen MR) is 115 cm³/mol. The second-order valence-corrected chi connectivity index (χ2v) is 10.2. The molecule has 1 aromatic rings. The molecule has 0 saturated heterocycles. The first-order valence-corrected chi connectivity index (χ1v) is 12.5. The fraction of sp³-hybridized carbons (Fsp3) is 0.875. The summed E-state index contributed by atoms with van der Waals surface area (Å²) < 4.78 is 2.30. The average Bonchev–Trinajstić information content (AvgIpc) is 3.20. The molecule has 0 radical (unpaired) electrons. The maximum absolute atomic E-state index is 13.9. The van der Waals surface area contributed by atoms with Crippen molar-refractivity contribution in [1.29, 1.82) is 0 Å². The molecule has 2 atom stereocenters. The third kappa shape index (κ3) is 3.23. The number of anilines is 1. The van der Waals surface area contributed by atoms with E-state index in [2.05, 4.69) is 16.5 Å². The molecule has 0 aromatic carbocycles. The summed E-state index contributed by atoms with van der Waals surface area (Å²) in [5.74, 6) is 2.99. The predicted octanol–water partition coefficient (Wildman–Crippen LogP) is 5.38. The minimum atomic E-state index is 0.112. The molecule has 1 aromatic heterocycles. The van der Waals surface area contributed by atoms with E-state index in [0.717, 1.165) is 43.9 Å². The van der Waals surface area contributed by atoms with Gasteiger partial charge in [-0.2, -0.15) is 10.1 Å². The Kier molecular flexibility index (Phi) is 5.42. The highest BCUT2D eigenvalue weighted by Crippen LogP contribution is 2.53. The molecule has 1 aliphatic heterocycles. The van der Waals surface area contributed by atoms with Crippen molar-refractivity contribution in [3.8, 4) is 0 Å². The van der Waals surface area contributed by atoms with E-state index < -0.39 is 0 Å². The van der Waals surface area contributed by atoms with Crippen LogP contribution in [0.5, 0.6) is 0 Å². The van der Waals surface area contributed by atoms with Crippen LogP contribution in [0.15, 0.2) is 0 Å². The number of carbonyl (C=O) groups excluding carboxylic acids is 1. The van der Waals surface area contributed by atoms with Crippen LogP contribution < -0.4 is 4.90 Å². The number of carbonyl (C=O) groups is 1. The zero-order valence-electron chi connectivity index (χ0n) is 18.2. The van der Waals surface area contributed by atoms with Crippen LogP contribution in [0.1, 0.15) is 109 Å². The Balaban J connectivity index is 1.60. The van der Waals surface area contributed by atoms with Crippen molar-refractivity contribution in [2.45, 2.75) is 121 Å². The van der Waals surface area contributed by atoms with Gasteiger partial charge in [0.25, 0.3) is 0 Å². The Labute approximate surface area is 175 Å². The van der Waals surface area contributed by atoms with Crippen molar-refractivity contribution in [2.24, 2.45) is 11.8 Å². The first kappa shape index (κ1) is 19.6. The molecule has 4 aliphatic rings. The van der Waals surface area contributed by atoms with Gasteiger partial charge in [0.2, 0.25) is 11.9 Å². The Morgan fingerprint density at radius 3 is 2.41 bits per heavy atom. The van der Waals surface area contributed by atoms with Crippen molar-refractivity contribution in [2.75, 3.05) is 4.90 Å². The summed E-state index contributed by atoms with van der Waals surface area (Å²) in [4.78, 5) is 21.1. The Morgan fingerprint density at radius 2 is 1.66 bits per heavy atom. The summed E-state index contributed by atoms with van der Waals surface area (Å²) in [6.07, 6.45) is 19.1. The molecular formula is C24H38N4O. The molecule has 3 aliphatic carbocycles.